The number of halogens is 1. The van der Waals surface area contributed by atoms with Gasteiger partial charge >= 0.3 is 12.0 Å². The van der Waals surface area contributed by atoms with E-state index >= 15 is 0 Å². The van der Waals surface area contributed by atoms with Gasteiger partial charge in [-0.25, -0.2) is 9.18 Å². The normalized spacial score (nSPS) is 28.3. The smallest absolute Gasteiger partial charge is 0.320 e. The van der Waals surface area contributed by atoms with Crippen LogP contribution in [0.4, 0.5) is 9.18 Å². The molecule has 0 saturated carbocycles. The Hall–Kier alpha value is -2.11. The highest BCUT2D eigenvalue weighted by molar-refractivity contribution is 5.77. The van der Waals surface area contributed by atoms with Crippen molar-refractivity contribution in [3.05, 3.63) is 35.6 Å². The van der Waals surface area contributed by atoms with E-state index in [1.807, 2.05) is 17.0 Å². The highest BCUT2D eigenvalue weighted by atomic mass is 19.1. The summed E-state index contributed by atoms with van der Waals surface area (Å²) in [7, 11) is 1.42. The Morgan fingerprint density at radius 1 is 1.00 bits per heavy atom. The summed E-state index contributed by atoms with van der Waals surface area (Å²) in [4.78, 5) is 28.8. The molecule has 3 saturated heterocycles. The van der Waals surface area contributed by atoms with Gasteiger partial charge in [0.15, 0.2) is 0 Å². The summed E-state index contributed by atoms with van der Waals surface area (Å²) < 4.78 is 18.0. The summed E-state index contributed by atoms with van der Waals surface area (Å²) in [5.41, 5.74) is 1.18. The van der Waals surface area contributed by atoms with Gasteiger partial charge in [-0.2, -0.15) is 0 Å². The Kier molecular flexibility index (Phi) is 5.06. The monoisotopic (exact) mass is 374 g/mol. The van der Waals surface area contributed by atoms with Crippen LogP contribution in [0, 0.1) is 11.7 Å². The Labute approximate surface area is 159 Å². The fourth-order valence-electron chi connectivity index (χ4n) is 5.13. The number of urea groups is 1. The van der Waals surface area contributed by atoms with Crippen molar-refractivity contribution in [2.75, 3.05) is 20.2 Å². The molecular weight excluding hydrogens is 347 g/mol. The number of fused-ring (bicyclic) bond motifs is 2. The van der Waals surface area contributed by atoms with Crippen molar-refractivity contribution < 1.29 is 18.7 Å². The van der Waals surface area contributed by atoms with Crippen molar-refractivity contribution in [3.63, 3.8) is 0 Å². The van der Waals surface area contributed by atoms with Crippen LogP contribution in [-0.2, 0) is 9.53 Å². The van der Waals surface area contributed by atoms with Crippen molar-refractivity contribution in [3.8, 4) is 0 Å². The molecule has 0 spiro atoms. The maximum Gasteiger partial charge on any atom is 0.320 e. The first-order valence-electron chi connectivity index (χ1n) is 9.97. The zero-order chi connectivity index (χ0) is 19.0. The largest absolute Gasteiger partial charge is 0.469 e. The Bertz CT molecular complexity index is 686. The summed E-state index contributed by atoms with van der Waals surface area (Å²) in [5.74, 6) is -0.0517. The molecule has 2 bridgehead atoms. The Balaban J connectivity index is 1.39. The van der Waals surface area contributed by atoms with Crippen LogP contribution in [0.5, 0.6) is 0 Å². The van der Waals surface area contributed by atoms with Crippen molar-refractivity contribution in [2.24, 2.45) is 5.92 Å². The lowest BCUT2D eigenvalue weighted by Gasteiger charge is -2.43. The van der Waals surface area contributed by atoms with Gasteiger partial charge in [-0.1, -0.05) is 12.1 Å². The molecule has 0 unspecified atom stereocenters. The third-order valence-electron chi connectivity index (χ3n) is 6.60. The van der Waals surface area contributed by atoms with E-state index in [1.165, 1.54) is 24.8 Å². The molecule has 4 rings (SSSR count). The number of methoxy groups -OCH3 is 1. The third kappa shape index (κ3) is 3.54. The molecule has 0 radical (unpaired) electrons. The van der Waals surface area contributed by atoms with Gasteiger partial charge in [0, 0.05) is 25.2 Å². The van der Waals surface area contributed by atoms with E-state index in [-0.39, 0.29) is 35.8 Å². The molecule has 6 heteroatoms. The Morgan fingerprint density at radius 3 is 2.15 bits per heavy atom. The molecule has 146 valence electrons. The van der Waals surface area contributed by atoms with Crippen LogP contribution in [0.2, 0.25) is 0 Å². The summed E-state index contributed by atoms with van der Waals surface area (Å²) in [6.07, 6.45) is 5.36. The fraction of sp³-hybridized carbons (Fsp3) is 0.619. The summed E-state index contributed by atoms with van der Waals surface area (Å²) >= 11 is 0. The number of amides is 2. The first-order chi connectivity index (χ1) is 13.1. The standard InChI is InChI=1S/C21H27FN2O3/c1-27-20(25)15-8-10-23(11-9-15)21(26)24-18-6-7-19(24)13-16(12-18)14-2-4-17(22)5-3-14/h2-5,15-16,18-19H,6-13H2,1H3/t16-,18+,19-. The first-order valence-corrected chi connectivity index (χ1v) is 9.97. The number of carbonyl (C=O) groups is 2. The molecule has 1 aromatic rings. The van der Waals surface area contributed by atoms with Gasteiger partial charge in [0.05, 0.1) is 13.0 Å². The number of hydrogen-bond donors (Lipinski definition) is 0. The van der Waals surface area contributed by atoms with E-state index in [4.69, 9.17) is 4.74 Å². The van der Waals surface area contributed by atoms with E-state index in [0.29, 0.717) is 31.8 Å². The minimum atomic E-state index is -0.204. The summed E-state index contributed by atoms with van der Waals surface area (Å²) in [5, 5.41) is 0. The molecule has 2 amide bonds. The number of piperidine rings is 2. The minimum Gasteiger partial charge on any atom is -0.469 e. The van der Waals surface area contributed by atoms with Crippen LogP contribution < -0.4 is 0 Å². The lowest BCUT2D eigenvalue weighted by Crippen LogP contribution is -2.53. The quantitative estimate of drug-likeness (QED) is 0.744. The van der Waals surface area contributed by atoms with Crippen molar-refractivity contribution in [1.29, 1.82) is 0 Å². The zero-order valence-corrected chi connectivity index (χ0v) is 15.8. The van der Waals surface area contributed by atoms with Crippen LogP contribution in [0.25, 0.3) is 0 Å². The first kappa shape index (κ1) is 18.3. The molecule has 0 aliphatic carbocycles. The molecule has 3 aliphatic heterocycles. The van der Waals surface area contributed by atoms with Crippen molar-refractivity contribution in [1.82, 2.24) is 9.80 Å². The Morgan fingerprint density at radius 2 is 1.59 bits per heavy atom. The fourth-order valence-corrected chi connectivity index (χ4v) is 5.13. The van der Waals surface area contributed by atoms with Gasteiger partial charge in [-0.05, 0) is 62.1 Å². The molecule has 27 heavy (non-hydrogen) atoms. The van der Waals surface area contributed by atoms with Crippen LogP contribution >= 0.6 is 0 Å². The molecule has 5 nitrogen and oxygen atoms in total. The topological polar surface area (TPSA) is 49.9 Å². The lowest BCUT2D eigenvalue weighted by atomic mass is 9.85. The van der Waals surface area contributed by atoms with E-state index in [0.717, 1.165) is 25.7 Å². The van der Waals surface area contributed by atoms with Gasteiger partial charge < -0.3 is 14.5 Å². The van der Waals surface area contributed by atoms with Gasteiger partial charge in [0.2, 0.25) is 0 Å². The average Bonchev–Trinajstić information content (AvgIpc) is 2.96. The highest BCUT2D eigenvalue weighted by Gasteiger charge is 2.45. The van der Waals surface area contributed by atoms with Crippen molar-refractivity contribution >= 4 is 12.0 Å². The number of benzene rings is 1. The van der Waals surface area contributed by atoms with Crippen LogP contribution in [-0.4, -0.2) is 54.1 Å². The van der Waals surface area contributed by atoms with Crippen molar-refractivity contribution in [2.45, 2.75) is 56.5 Å². The molecule has 3 heterocycles. The molecule has 3 fully saturated rings. The second-order valence-electron chi connectivity index (χ2n) is 8.08. The predicted molar refractivity (Wildman–Crippen MR) is 98.7 cm³/mol. The number of ether oxygens (including phenoxy) is 1. The summed E-state index contributed by atoms with van der Waals surface area (Å²) in [6.45, 7) is 1.24. The molecule has 3 atom stereocenters. The van der Waals surface area contributed by atoms with Crippen LogP contribution in [0.15, 0.2) is 24.3 Å². The second-order valence-corrected chi connectivity index (χ2v) is 8.08. The van der Waals surface area contributed by atoms with Gasteiger partial charge in [-0.3, -0.25) is 4.79 Å². The maximum atomic E-state index is 13.2. The van der Waals surface area contributed by atoms with E-state index in [2.05, 4.69) is 4.90 Å². The van der Waals surface area contributed by atoms with E-state index in [9.17, 15) is 14.0 Å². The number of carbonyl (C=O) groups excluding carboxylic acids is 2. The van der Waals surface area contributed by atoms with Gasteiger partial charge in [0.25, 0.3) is 0 Å². The lowest BCUT2D eigenvalue weighted by molar-refractivity contribution is -0.146. The number of esters is 1. The zero-order valence-electron chi connectivity index (χ0n) is 15.8. The molecule has 1 aromatic carbocycles. The highest BCUT2D eigenvalue weighted by Crippen LogP contribution is 2.43. The minimum absolute atomic E-state index is 0.0833. The van der Waals surface area contributed by atoms with Gasteiger partial charge in [-0.15, -0.1) is 0 Å². The maximum absolute atomic E-state index is 13.2. The van der Waals surface area contributed by atoms with Gasteiger partial charge in [0.1, 0.15) is 5.82 Å². The van der Waals surface area contributed by atoms with Crippen LogP contribution in [0.3, 0.4) is 0 Å². The summed E-state index contributed by atoms with van der Waals surface area (Å²) in [6, 6.07) is 7.49. The molecule has 3 aliphatic rings. The number of hydrogen-bond acceptors (Lipinski definition) is 3. The number of nitrogens with zero attached hydrogens (tertiary/aromatic N) is 2. The third-order valence-corrected chi connectivity index (χ3v) is 6.60. The predicted octanol–water partition coefficient (Wildman–Crippen LogP) is 3.54. The SMILES string of the molecule is COC(=O)C1CCN(C(=O)N2[C@@H]3CC[C@H]2C[C@@H](c2ccc(F)cc2)C3)CC1. The average molecular weight is 374 g/mol. The van der Waals surface area contributed by atoms with E-state index < -0.39 is 0 Å². The molecule has 0 aromatic heterocycles. The molecule has 0 N–H and O–H groups in total. The number of likely N-dealkylation sites (tertiary alicyclic amines) is 1. The molecular formula is C21H27FN2O3. The van der Waals surface area contributed by atoms with Crippen LogP contribution in [0.1, 0.15) is 50.0 Å². The second kappa shape index (κ2) is 7.49. The van der Waals surface area contributed by atoms with E-state index in [1.54, 1.807) is 0 Å². The number of rotatable bonds is 2.